The molecule has 122 valence electrons. The predicted molar refractivity (Wildman–Crippen MR) is 89.6 cm³/mol. The summed E-state index contributed by atoms with van der Waals surface area (Å²) in [6, 6.07) is 11.4. The molecule has 2 aromatic carbocycles. The Morgan fingerprint density at radius 2 is 2.08 bits per heavy atom. The summed E-state index contributed by atoms with van der Waals surface area (Å²) in [4.78, 5) is 7.64. The maximum absolute atomic E-state index is 14.2. The molecular formula is C18H17FN4O. The highest BCUT2D eigenvalue weighted by Gasteiger charge is 2.18. The van der Waals surface area contributed by atoms with Crippen molar-refractivity contribution in [3.8, 4) is 17.2 Å². The Hall–Kier alpha value is -2.75. The first kappa shape index (κ1) is 16.1. The molecule has 24 heavy (non-hydrogen) atoms. The molecular weight excluding hydrogens is 307 g/mol. The summed E-state index contributed by atoms with van der Waals surface area (Å²) in [6.07, 6.45) is -0.180. The van der Waals surface area contributed by atoms with E-state index in [1.165, 1.54) is 6.07 Å². The van der Waals surface area contributed by atoms with Gasteiger partial charge in [-0.15, -0.1) is 0 Å². The van der Waals surface area contributed by atoms with E-state index in [4.69, 9.17) is 15.7 Å². The standard InChI is InChI=1S/C18H17FN4O/c1-10(24-2)17(21)18-22-15-6-4-12(8-16(15)23-18)13-5-3-11(9-20)7-14(13)19/h3-8,10,17H,21H2,1-2H3,(H,22,23)/t10-,17+/m1/s1. The molecule has 0 unspecified atom stereocenters. The molecule has 1 aromatic heterocycles. The number of nitriles is 1. The van der Waals surface area contributed by atoms with E-state index in [2.05, 4.69) is 9.97 Å². The van der Waals surface area contributed by atoms with Crippen LogP contribution < -0.4 is 5.73 Å². The number of hydrogen-bond donors (Lipinski definition) is 2. The van der Waals surface area contributed by atoms with Crippen molar-refractivity contribution in [1.29, 1.82) is 5.26 Å². The zero-order valence-corrected chi connectivity index (χ0v) is 13.4. The van der Waals surface area contributed by atoms with Gasteiger partial charge in [-0.1, -0.05) is 12.1 Å². The van der Waals surface area contributed by atoms with Gasteiger partial charge in [0.15, 0.2) is 0 Å². The van der Waals surface area contributed by atoms with E-state index in [1.807, 2.05) is 25.1 Å². The number of nitrogens with zero attached hydrogens (tertiary/aromatic N) is 2. The molecule has 3 N–H and O–H groups in total. The van der Waals surface area contributed by atoms with Crippen LogP contribution in [0.1, 0.15) is 24.4 Å². The molecule has 3 rings (SSSR count). The number of nitrogens with two attached hydrogens (primary N) is 1. The molecule has 0 spiro atoms. The molecule has 2 atom stereocenters. The number of aromatic nitrogens is 2. The summed E-state index contributed by atoms with van der Waals surface area (Å²) in [5, 5.41) is 8.83. The Labute approximate surface area is 138 Å². The normalized spacial score (nSPS) is 13.6. The Bertz CT molecular complexity index is 928. The van der Waals surface area contributed by atoms with Crippen molar-refractivity contribution in [1.82, 2.24) is 9.97 Å². The third kappa shape index (κ3) is 2.87. The van der Waals surface area contributed by atoms with Gasteiger partial charge in [0.1, 0.15) is 11.6 Å². The van der Waals surface area contributed by atoms with Crippen molar-refractivity contribution in [2.75, 3.05) is 7.11 Å². The van der Waals surface area contributed by atoms with Gasteiger partial charge in [-0.05, 0) is 36.8 Å². The van der Waals surface area contributed by atoms with E-state index >= 15 is 0 Å². The SMILES string of the molecule is CO[C@H](C)[C@H](N)c1nc2ccc(-c3ccc(C#N)cc3F)cc2[nH]1. The molecule has 0 aliphatic heterocycles. The van der Waals surface area contributed by atoms with Crippen LogP contribution in [0.4, 0.5) is 4.39 Å². The van der Waals surface area contributed by atoms with Gasteiger partial charge in [-0.25, -0.2) is 9.37 Å². The molecule has 0 fully saturated rings. The lowest BCUT2D eigenvalue weighted by molar-refractivity contribution is 0.0935. The average molecular weight is 324 g/mol. The Kier molecular flexibility index (Phi) is 4.30. The highest BCUT2D eigenvalue weighted by Crippen LogP contribution is 2.27. The van der Waals surface area contributed by atoms with Crippen LogP contribution in [0.15, 0.2) is 36.4 Å². The van der Waals surface area contributed by atoms with Gasteiger partial charge in [-0.2, -0.15) is 5.26 Å². The van der Waals surface area contributed by atoms with Crippen LogP contribution in [0.2, 0.25) is 0 Å². The molecule has 0 aliphatic carbocycles. The lowest BCUT2D eigenvalue weighted by atomic mass is 10.0. The van der Waals surface area contributed by atoms with Gasteiger partial charge < -0.3 is 15.5 Å². The Balaban J connectivity index is 2.02. The summed E-state index contributed by atoms with van der Waals surface area (Å²) in [6.45, 7) is 1.87. The van der Waals surface area contributed by atoms with E-state index in [0.717, 1.165) is 11.0 Å². The number of benzene rings is 2. The van der Waals surface area contributed by atoms with Crippen LogP contribution in [0.25, 0.3) is 22.2 Å². The van der Waals surface area contributed by atoms with Crippen LogP contribution in [0.5, 0.6) is 0 Å². The highest BCUT2D eigenvalue weighted by atomic mass is 19.1. The predicted octanol–water partition coefficient (Wildman–Crippen LogP) is 3.28. The lowest BCUT2D eigenvalue weighted by Gasteiger charge is -2.15. The van der Waals surface area contributed by atoms with E-state index in [-0.39, 0.29) is 12.1 Å². The van der Waals surface area contributed by atoms with Gasteiger partial charge in [0, 0.05) is 12.7 Å². The number of halogens is 1. The van der Waals surface area contributed by atoms with E-state index < -0.39 is 5.82 Å². The van der Waals surface area contributed by atoms with Crippen LogP contribution in [0, 0.1) is 17.1 Å². The number of imidazole rings is 1. The first-order chi connectivity index (χ1) is 11.5. The number of methoxy groups -OCH3 is 1. The van der Waals surface area contributed by atoms with Gasteiger partial charge in [-0.3, -0.25) is 0 Å². The Morgan fingerprint density at radius 1 is 1.29 bits per heavy atom. The number of aromatic amines is 1. The monoisotopic (exact) mass is 324 g/mol. The third-order valence-corrected chi connectivity index (χ3v) is 4.10. The minimum atomic E-state index is -0.433. The molecule has 0 amide bonds. The molecule has 0 saturated heterocycles. The largest absolute Gasteiger partial charge is 0.380 e. The van der Waals surface area contributed by atoms with Crippen LogP contribution in [-0.4, -0.2) is 23.2 Å². The number of nitrogens with one attached hydrogen (secondary N) is 1. The van der Waals surface area contributed by atoms with Crippen molar-refractivity contribution in [3.05, 3.63) is 53.6 Å². The fourth-order valence-electron chi connectivity index (χ4n) is 2.54. The summed E-state index contributed by atoms with van der Waals surface area (Å²) >= 11 is 0. The summed E-state index contributed by atoms with van der Waals surface area (Å²) in [5.41, 5.74) is 9.05. The highest BCUT2D eigenvalue weighted by molar-refractivity contribution is 5.82. The summed E-state index contributed by atoms with van der Waals surface area (Å²) in [5.74, 6) is 0.189. The molecule has 6 heteroatoms. The van der Waals surface area contributed by atoms with Crippen molar-refractivity contribution in [3.63, 3.8) is 0 Å². The van der Waals surface area contributed by atoms with E-state index in [0.29, 0.717) is 22.5 Å². The molecule has 0 saturated carbocycles. The number of ether oxygens (including phenoxy) is 1. The van der Waals surface area contributed by atoms with Crippen molar-refractivity contribution in [2.24, 2.45) is 5.73 Å². The second-order valence-electron chi connectivity index (χ2n) is 5.63. The number of fused-ring (bicyclic) bond motifs is 1. The van der Waals surface area contributed by atoms with Crippen molar-refractivity contribution >= 4 is 11.0 Å². The molecule has 0 aliphatic rings. The maximum atomic E-state index is 14.2. The molecule has 5 nitrogen and oxygen atoms in total. The van der Waals surface area contributed by atoms with E-state index in [9.17, 15) is 4.39 Å². The first-order valence-electron chi connectivity index (χ1n) is 7.51. The zero-order valence-electron chi connectivity index (χ0n) is 13.4. The molecule has 3 aromatic rings. The second-order valence-corrected chi connectivity index (χ2v) is 5.63. The van der Waals surface area contributed by atoms with Crippen molar-refractivity contribution < 1.29 is 9.13 Å². The van der Waals surface area contributed by atoms with Gasteiger partial charge in [0.25, 0.3) is 0 Å². The third-order valence-electron chi connectivity index (χ3n) is 4.10. The zero-order chi connectivity index (χ0) is 17.3. The van der Waals surface area contributed by atoms with Gasteiger partial charge >= 0.3 is 0 Å². The topological polar surface area (TPSA) is 87.7 Å². The molecule has 1 heterocycles. The smallest absolute Gasteiger partial charge is 0.132 e. The fraction of sp³-hybridized carbons (Fsp3) is 0.222. The van der Waals surface area contributed by atoms with Gasteiger partial charge in [0.05, 0.1) is 34.8 Å². The summed E-state index contributed by atoms with van der Waals surface area (Å²) < 4.78 is 19.4. The molecule has 0 radical (unpaired) electrons. The minimum absolute atomic E-state index is 0.180. The minimum Gasteiger partial charge on any atom is -0.380 e. The Morgan fingerprint density at radius 3 is 2.75 bits per heavy atom. The van der Waals surface area contributed by atoms with Crippen molar-refractivity contribution in [2.45, 2.75) is 19.1 Å². The van der Waals surface area contributed by atoms with Crippen LogP contribution in [-0.2, 0) is 4.74 Å². The first-order valence-corrected chi connectivity index (χ1v) is 7.51. The fourth-order valence-corrected chi connectivity index (χ4v) is 2.54. The summed E-state index contributed by atoms with van der Waals surface area (Å²) in [7, 11) is 1.60. The average Bonchev–Trinajstić information content (AvgIpc) is 3.03. The number of hydrogen-bond acceptors (Lipinski definition) is 4. The quantitative estimate of drug-likeness (QED) is 0.771. The second kappa shape index (κ2) is 6.40. The number of rotatable bonds is 4. The van der Waals surface area contributed by atoms with Crippen LogP contribution >= 0.6 is 0 Å². The van der Waals surface area contributed by atoms with E-state index in [1.54, 1.807) is 25.3 Å². The van der Waals surface area contributed by atoms with Crippen LogP contribution in [0.3, 0.4) is 0 Å². The molecule has 0 bridgehead atoms. The maximum Gasteiger partial charge on any atom is 0.132 e. The van der Waals surface area contributed by atoms with Gasteiger partial charge in [0.2, 0.25) is 0 Å². The number of H-pyrrole nitrogens is 1. The lowest BCUT2D eigenvalue weighted by Crippen LogP contribution is -2.26.